The van der Waals surface area contributed by atoms with E-state index in [1.165, 1.54) is 6.26 Å². The molecule has 0 bridgehead atoms. The molecule has 0 unspecified atom stereocenters. The van der Waals surface area contributed by atoms with Crippen LogP contribution in [0.25, 0.3) is 0 Å². The summed E-state index contributed by atoms with van der Waals surface area (Å²) in [5.41, 5.74) is -0.289. The molecule has 0 aliphatic carbocycles. The number of carbonyl (C=O) groups is 1. The first-order valence-corrected chi connectivity index (χ1v) is 5.36. The van der Waals surface area contributed by atoms with E-state index in [4.69, 9.17) is 9.68 Å². The average molecular weight is 220 g/mol. The van der Waals surface area contributed by atoms with Gasteiger partial charge < -0.3 is 9.73 Å². The summed E-state index contributed by atoms with van der Waals surface area (Å²) in [5, 5.41) is 11.9. The monoisotopic (exact) mass is 220 g/mol. The Morgan fingerprint density at radius 3 is 2.56 bits per heavy atom. The summed E-state index contributed by atoms with van der Waals surface area (Å²) in [6.07, 6.45) is 2.64. The van der Waals surface area contributed by atoms with Crippen LogP contribution in [0.1, 0.15) is 42.8 Å². The highest BCUT2D eigenvalue weighted by Crippen LogP contribution is 2.16. The van der Waals surface area contributed by atoms with Gasteiger partial charge in [-0.1, -0.05) is 13.8 Å². The Bertz CT molecular complexity index is 411. The maximum atomic E-state index is 11.9. The smallest absolute Gasteiger partial charge is 0.256 e. The molecule has 1 aromatic rings. The molecule has 0 aliphatic heterocycles. The molecule has 1 N–H and O–H groups in total. The molecule has 1 rings (SSSR count). The number of hydrogen-bond donors (Lipinski definition) is 1. The van der Waals surface area contributed by atoms with Gasteiger partial charge in [0.05, 0.1) is 17.9 Å². The van der Waals surface area contributed by atoms with Crippen LogP contribution in [0.3, 0.4) is 0 Å². The summed E-state index contributed by atoms with van der Waals surface area (Å²) in [7, 11) is 0. The predicted octanol–water partition coefficient (Wildman–Crippen LogP) is 2.40. The molecule has 0 aromatic carbocycles. The minimum atomic E-state index is -0.777. The number of hydrogen-bond acceptors (Lipinski definition) is 3. The molecule has 0 spiro atoms. The number of nitriles is 1. The van der Waals surface area contributed by atoms with E-state index < -0.39 is 5.54 Å². The number of amides is 1. The summed E-state index contributed by atoms with van der Waals surface area (Å²) < 4.78 is 5.06. The lowest BCUT2D eigenvalue weighted by Gasteiger charge is -2.24. The normalized spacial score (nSPS) is 10.9. The van der Waals surface area contributed by atoms with E-state index in [0.717, 1.165) is 0 Å². The lowest BCUT2D eigenvalue weighted by molar-refractivity contribution is 0.0914. The number of carbonyl (C=O) groups excluding carboxylic acids is 1. The molecule has 1 aromatic heterocycles. The van der Waals surface area contributed by atoms with Crippen LogP contribution in [0, 0.1) is 18.3 Å². The Morgan fingerprint density at radius 2 is 2.19 bits per heavy atom. The van der Waals surface area contributed by atoms with Crippen LogP contribution < -0.4 is 5.32 Å². The zero-order valence-corrected chi connectivity index (χ0v) is 9.83. The molecule has 0 saturated carbocycles. The Labute approximate surface area is 95.2 Å². The third kappa shape index (κ3) is 2.25. The van der Waals surface area contributed by atoms with Crippen molar-refractivity contribution in [2.24, 2.45) is 0 Å². The molecule has 1 heterocycles. The van der Waals surface area contributed by atoms with Crippen molar-refractivity contribution in [3.63, 3.8) is 0 Å². The molecule has 16 heavy (non-hydrogen) atoms. The summed E-state index contributed by atoms with van der Waals surface area (Å²) in [6.45, 7) is 5.49. The van der Waals surface area contributed by atoms with E-state index in [-0.39, 0.29) is 5.91 Å². The molecule has 0 aliphatic rings. The molecule has 4 heteroatoms. The SMILES string of the molecule is CCC(C#N)(CC)NC(=O)c1ccoc1C. The first-order valence-electron chi connectivity index (χ1n) is 5.36. The van der Waals surface area contributed by atoms with Gasteiger partial charge in [-0.25, -0.2) is 0 Å². The summed E-state index contributed by atoms with van der Waals surface area (Å²) >= 11 is 0. The molecule has 0 radical (unpaired) electrons. The van der Waals surface area contributed by atoms with Gasteiger partial charge in [-0.05, 0) is 25.8 Å². The van der Waals surface area contributed by atoms with Gasteiger partial charge in [-0.2, -0.15) is 5.26 Å². The van der Waals surface area contributed by atoms with Crippen molar-refractivity contribution < 1.29 is 9.21 Å². The van der Waals surface area contributed by atoms with Crippen LogP contribution in [0.4, 0.5) is 0 Å². The van der Waals surface area contributed by atoms with E-state index in [9.17, 15) is 4.79 Å². The van der Waals surface area contributed by atoms with Crippen molar-refractivity contribution in [3.05, 3.63) is 23.7 Å². The van der Waals surface area contributed by atoms with E-state index >= 15 is 0 Å². The fourth-order valence-corrected chi connectivity index (χ4v) is 1.52. The average Bonchev–Trinajstić information content (AvgIpc) is 2.72. The van der Waals surface area contributed by atoms with Crippen LogP contribution in [-0.4, -0.2) is 11.4 Å². The number of furan rings is 1. The highest BCUT2D eigenvalue weighted by atomic mass is 16.3. The molecule has 0 saturated heterocycles. The van der Waals surface area contributed by atoms with Gasteiger partial charge in [0.15, 0.2) is 0 Å². The molecule has 86 valence electrons. The lowest BCUT2D eigenvalue weighted by Crippen LogP contribution is -2.46. The van der Waals surface area contributed by atoms with Gasteiger partial charge >= 0.3 is 0 Å². The Hall–Kier alpha value is -1.76. The van der Waals surface area contributed by atoms with E-state index in [0.29, 0.717) is 24.2 Å². The van der Waals surface area contributed by atoms with Gasteiger partial charge in [-0.15, -0.1) is 0 Å². The molecule has 4 nitrogen and oxygen atoms in total. The van der Waals surface area contributed by atoms with Crippen LogP contribution in [0.2, 0.25) is 0 Å². The van der Waals surface area contributed by atoms with Gasteiger partial charge in [0.2, 0.25) is 0 Å². The molecular formula is C12H16N2O2. The summed E-state index contributed by atoms with van der Waals surface area (Å²) in [4.78, 5) is 11.9. The van der Waals surface area contributed by atoms with Crippen molar-refractivity contribution in [2.45, 2.75) is 39.2 Å². The first kappa shape index (κ1) is 12.3. The highest BCUT2D eigenvalue weighted by molar-refractivity contribution is 5.95. The van der Waals surface area contributed by atoms with Crippen LogP contribution >= 0.6 is 0 Å². The minimum absolute atomic E-state index is 0.253. The maximum absolute atomic E-state index is 11.9. The fraction of sp³-hybridized carbons (Fsp3) is 0.500. The third-order valence-corrected chi connectivity index (χ3v) is 2.88. The third-order valence-electron chi connectivity index (χ3n) is 2.88. The van der Waals surface area contributed by atoms with Gasteiger partial charge in [-0.3, -0.25) is 4.79 Å². The number of nitrogens with zero attached hydrogens (tertiary/aromatic N) is 1. The zero-order valence-electron chi connectivity index (χ0n) is 9.83. The standard InChI is InChI=1S/C12H16N2O2/c1-4-12(5-2,8-13)14-11(15)10-6-7-16-9(10)3/h6-7H,4-5H2,1-3H3,(H,14,15). The number of nitrogens with one attached hydrogen (secondary N) is 1. The van der Waals surface area contributed by atoms with Gasteiger partial charge in [0.25, 0.3) is 5.91 Å². The summed E-state index contributed by atoms with van der Waals surface area (Å²) in [5.74, 6) is 0.313. The maximum Gasteiger partial charge on any atom is 0.256 e. The fourth-order valence-electron chi connectivity index (χ4n) is 1.52. The highest BCUT2D eigenvalue weighted by Gasteiger charge is 2.28. The quantitative estimate of drug-likeness (QED) is 0.847. The molecule has 0 atom stereocenters. The molecular weight excluding hydrogens is 204 g/mol. The topological polar surface area (TPSA) is 66.0 Å². The lowest BCUT2D eigenvalue weighted by atomic mass is 9.94. The zero-order chi connectivity index (χ0) is 12.2. The molecule has 1 amide bonds. The van der Waals surface area contributed by atoms with Gasteiger partial charge in [0.1, 0.15) is 11.3 Å². The second kappa shape index (κ2) is 4.84. The van der Waals surface area contributed by atoms with Crippen LogP contribution in [0.15, 0.2) is 16.7 Å². The largest absolute Gasteiger partial charge is 0.469 e. The van der Waals surface area contributed by atoms with E-state index in [1.807, 2.05) is 13.8 Å². The number of aryl methyl sites for hydroxylation is 1. The predicted molar refractivity (Wildman–Crippen MR) is 59.8 cm³/mol. The van der Waals surface area contributed by atoms with Crippen LogP contribution in [0.5, 0.6) is 0 Å². The Balaban J connectivity index is 2.86. The second-order valence-electron chi connectivity index (χ2n) is 3.75. The van der Waals surface area contributed by atoms with Crippen molar-refractivity contribution in [3.8, 4) is 6.07 Å². The Morgan fingerprint density at radius 1 is 1.56 bits per heavy atom. The van der Waals surface area contributed by atoms with Crippen molar-refractivity contribution in [2.75, 3.05) is 0 Å². The second-order valence-corrected chi connectivity index (χ2v) is 3.75. The first-order chi connectivity index (χ1) is 7.58. The van der Waals surface area contributed by atoms with Crippen molar-refractivity contribution >= 4 is 5.91 Å². The minimum Gasteiger partial charge on any atom is -0.469 e. The Kier molecular flexibility index (Phi) is 3.73. The van der Waals surface area contributed by atoms with Crippen LogP contribution in [-0.2, 0) is 0 Å². The van der Waals surface area contributed by atoms with E-state index in [1.54, 1.807) is 13.0 Å². The van der Waals surface area contributed by atoms with Crippen molar-refractivity contribution in [1.82, 2.24) is 5.32 Å². The molecule has 0 fully saturated rings. The number of rotatable bonds is 4. The summed E-state index contributed by atoms with van der Waals surface area (Å²) in [6, 6.07) is 3.77. The van der Waals surface area contributed by atoms with E-state index in [2.05, 4.69) is 11.4 Å². The van der Waals surface area contributed by atoms with Gasteiger partial charge in [0, 0.05) is 0 Å². The van der Waals surface area contributed by atoms with Crippen molar-refractivity contribution in [1.29, 1.82) is 5.26 Å².